The van der Waals surface area contributed by atoms with E-state index in [9.17, 15) is 9.18 Å². The predicted octanol–water partition coefficient (Wildman–Crippen LogP) is 4.13. The molecular weight excluding hydrogens is 311 g/mol. The van der Waals surface area contributed by atoms with Gasteiger partial charge in [-0.3, -0.25) is 0 Å². The number of ether oxygens (including phenoxy) is 3. The molecule has 0 aromatic heterocycles. The Morgan fingerprint density at radius 3 is 2.17 bits per heavy atom. The van der Waals surface area contributed by atoms with E-state index in [-0.39, 0.29) is 5.82 Å². The highest BCUT2D eigenvalue weighted by Crippen LogP contribution is 2.21. The van der Waals surface area contributed by atoms with Gasteiger partial charge >= 0.3 is 5.97 Å². The third kappa shape index (κ3) is 4.98. The van der Waals surface area contributed by atoms with Crippen molar-refractivity contribution in [2.24, 2.45) is 0 Å². The minimum atomic E-state index is -1.05. The van der Waals surface area contributed by atoms with E-state index in [1.807, 2.05) is 12.1 Å². The zero-order valence-electron chi connectivity index (χ0n) is 14.0. The van der Waals surface area contributed by atoms with Crippen LogP contribution in [0.4, 0.5) is 4.39 Å². The van der Waals surface area contributed by atoms with Crippen LogP contribution in [0.1, 0.15) is 26.3 Å². The first-order valence-electron chi connectivity index (χ1n) is 7.74. The molecule has 0 spiro atoms. The number of benzene rings is 2. The van der Waals surface area contributed by atoms with Crippen LogP contribution < -0.4 is 9.47 Å². The van der Waals surface area contributed by atoms with E-state index in [2.05, 4.69) is 0 Å². The molecule has 0 amide bonds. The lowest BCUT2D eigenvalue weighted by Gasteiger charge is -2.24. The van der Waals surface area contributed by atoms with E-state index in [0.29, 0.717) is 24.7 Å². The molecule has 0 N–H and O–H groups in total. The number of rotatable bonds is 7. The van der Waals surface area contributed by atoms with Crippen LogP contribution in [0.3, 0.4) is 0 Å². The maximum absolute atomic E-state index is 12.8. The maximum atomic E-state index is 12.8. The fraction of sp³-hybridized carbons (Fsp3) is 0.316. The molecule has 0 saturated carbocycles. The summed E-state index contributed by atoms with van der Waals surface area (Å²) in [6, 6.07) is 13.1. The third-order valence-electron chi connectivity index (χ3n) is 3.28. The predicted molar refractivity (Wildman–Crippen MR) is 88.5 cm³/mol. The van der Waals surface area contributed by atoms with Crippen molar-refractivity contribution in [1.29, 1.82) is 0 Å². The summed E-state index contributed by atoms with van der Waals surface area (Å²) in [5, 5.41) is 0. The number of hydrogen-bond donors (Lipinski definition) is 0. The average molecular weight is 332 g/mol. The lowest BCUT2D eigenvalue weighted by Crippen LogP contribution is -2.39. The second kappa shape index (κ2) is 7.81. The Hall–Kier alpha value is -2.56. The van der Waals surface area contributed by atoms with Crippen LogP contribution in [0.5, 0.6) is 11.5 Å². The van der Waals surface area contributed by atoms with Crippen LogP contribution >= 0.6 is 0 Å². The molecule has 0 aliphatic rings. The van der Waals surface area contributed by atoms with Crippen molar-refractivity contribution in [3.8, 4) is 11.5 Å². The first-order chi connectivity index (χ1) is 11.4. The smallest absolute Gasteiger partial charge is 0.349 e. The van der Waals surface area contributed by atoms with Gasteiger partial charge in [0.05, 0.1) is 6.61 Å². The number of hydrogen-bond acceptors (Lipinski definition) is 4. The summed E-state index contributed by atoms with van der Waals surface area (Å²) in [6.45, 7) is 5.75. The van der Waals surface area contributed by atoms with Gasteiger partial charge in [0.25, 0.3) is 0 Å². The number of carbonyl (C=O) groups excluding carboxylic acids is 1. The molecule has 2 aromatic rings. The average Bonchev–Trinajstić information content (AvgIpc) is 2.55. The lowest BCUT2D eigenvalue weighted by molar-refractivity contribution is -0.158. The van der Waals surface area contributed by atoms with E-state index in [4.69, 9.17) is 14.2 Å². The van der Waals surface area contributed by atoms with Gasteiger partial charge in [-0.25, -0.2) is 9.18 Å². The Labute approximate surface area is 141 Å². The summed E-state index contributed by atoms with van der Waals surface area (Å²) in [5.74, 6) is 0.459. The molecule has 0 bridgehead atoms. The molecule has 0 heterocycles. The zero-order chi connectivity index (χ0) is 17.6. The standard InChI is InChI=1S/C19H21FO4/c1-4-22-18(21)19(2,3)24-17-9-5-14(6-10-17)13-23-16-11-7-15(20)8-12-16/h5-12H,4,13H2,1-3H3. The van der Waals surface area contributed by atoms with Crippen molar-refractivity contribution in [3.05, 3.63) is 59.9 Å². The summed E-state index contributed by atoms with van der Waals surface area (Å²) < 4.78 is 29.1. The fourth-order valence-corrected chi connectivity index (χ4v) is 1.99. The molecule has 128 valence electrons. The highest BCUT2D eigenvalue weighted by molar-refractivity contribution is 5.79. The van der Waals surface area contributed by atoms with E-state index in [1.165, 1.54) is 12.1 Å². The molecule has 24 heavy (non-hydrogen) atoms. The van der Waals surface area contributed by atoms with Gasteiger partial charge in [-0.2, -0.15) is 0 Å². The minimum Gasteiger partial charge on any atom is -0.489 e. The van der Waals surface area contributed by atoms with Crippen LogP contribution in [0.25, 0.3) is 0 Å². The molecule has 0 atom stereocenters. The Bertz CT molecular complexity index is 663. The topological polar surface area (TPSA) is 44.8 Å². The molecule has 0 aliphatic carbocycles. The highest BCUT2D eigenvalue weighted by Gasteiger charge is 2.31. The Kier molecular flexibility index (Phi) is 5.79. The van der Waals surface area contributed by atoms with Crippen molar-refractivity contribution < 1.29 is 23.4 Å². The second-order valence-corrected chi connectivity index (χ2v) is 5.72. The Balaban J connectivity index is 1.92. The van der Waals surface area contributed by atoms with Crippen LogP contribution in [0.2, 0.25) is 0 Å². The number of carbonyl (C=O) groups is 1. The van der Waals surface area contributed by atoms with Crippen molar-refractivity contribution in [2.45, 2.75) is 33.0 Å². The highest BCUT2D eigenvalue weighted by atomic mass is 19.1. The van der Waals surface area contributed by atoms with Gasteiger partial charge in [0.15, 0.2) is 5.60 Å². The zero-order valence-corrected chi connectivity index (χ0v) is 14.0. The number of esters is 1. The van der Waals surface area contributed by atoms with E-state index in [0.717, 1.165) is 5.56 Å². The second-order valence-electron chi connectivity index (χ2n) is 5.72. The van der Waals surface area contributed by atoms with Gasteiger partial charge in [-0.15, -0.1) is 0 Å². The Morgan fingerprint density at radius 1 is 1.00 bits per heavy atom. The van der Waals surface area contributed by atoms with E-state index < -0.39 is 11.6 Å². The third-order valence-corrected chi connectivity index (χ3v) is 3.28. The molecule has 4 nitrogen and oxygen atoms in total. The van der Waals surface area contributed by atoms with Gasteiger partial charge in [-0.1, -0.05) is 12.1 Å². The van der Waals surface area contributed by atoms with Gasteiger partial charge < -0.3 is 14.2 Å². The molecule has 2 aromatic carbocycles. The summed E-state index contributed by atoms with van der Waals surface area (Å²) in [5.41, 5.74) is -0.122. The van der Waals surface area contributed by atoms with Gasteiger partial charge in [0.1, 0.15) is 23.9 Å². The fourth-order valence-electron chi connectivity index (χ4n) is 1.99. The van der Waals surface area contributed by atoms with Gasteiger partial charge in [-0.05, 0) is 62.7 Å². The summed E-state index contributed by atoms with van der Waals surface area (Å²) >= 11 is 0. The van der Waals surface area contributed by atoms with E-state index >= 15 is 0 Å². The van der Waals surface area contributed by atoms with Gasteiger partial charge in [0.2, 0.25) is 0 Å². The summed E-state index contributed by atoms with van der Waals surface area (Å²) in [7, 11) is 0. The maximum Gasteiger partial charge on any atom is 0.349 e. The molecule has 0 radical (unpaired) electrons. The van der Waals surface area contributed by atoms with Crippen LogP contribution in [0.15, 0.2) is 48.5 Å². The molecule has 2 rings (SSSR count). The minimum absolute atomic E-state index is 0.298. The quantitative estimate of drug-likeness (QED) is 0.715. The monoisotopic (exact) mass is 332 g/mol. The first kappa shape index (κ1) is 17.8. The molecule has 0 unspecified atom stereocenters. The van der Waals surface area contributed by atoms with Crippen molar-refractivity contribution >= 4 is 5.97 Å². The lowest BCUT2D eigenvalue weighted by atomic mass is 10.1. The Morgan fingerprint density at radius 2 is 1.58 bits per heavy atom. The van der Waals surface area contributed by atoms with Crippen LogP contribution in [-0.2, 0) is 16.1 Å². The summed E-state index contributed by atoms with van der Waals surface area (Å²) in [6.07, 6.45) is 0. The van der Waals surface area contributed by atoms with Crippen molar-refractivity contribution in [3.63, 3.8) is 0 Å². The van der Waals surface area contributed by atoms with Crippen molar-refractivity contribution in [1.82, 2.24) is 0 Å². The molecule has 0 fully saturated rings. The van der Waals surface area contributed by atoms with E-state index in [1.54, 1.807) is 45.0 Å². The summed E-state index contributed by atoms with van der Waals surface area (Å²) in [4.78, 5) is 11.8. The molecular formula is C19H21FO4. The van der Waals surface area contributed by atoms with Crippen LogP contribution in [-0.4, -0.2) is 18.2 Å². The normalized spacial score (nSPS) is 11.0. The molecule has 5 heteroatoms. The SMILES string of the molecule is CCOC(=O)C(C)(C)Oc1ccc(COc2ccc(F)cc2)cc1. The van der Waals surface area contributed by atoms with Gasteiger partial charge in [0, 0.05) is 0 Å². The largest absolute Gasteiger partial charge is 0.489 e. The molecule has 0 saturated heterocycles. The number of halogens is 1. The van der Waals surface area contributed by atoms with Crippen molar-refractivity contribution in [2.75, 3.05) is 6.61 Å². The first-order valence-corrected chi connectivity index (χ1v) is 7.74. The molecule has 0 aliphatic heterocycles. The van der Waals surface area contributed by atoms with Crippen LogP contribution in [0, 0.1) is 5.82 Å².